The summed E-state index contributed by atoms with van der Waals surface area (Å²) in [5, 5.41) is 4.54. The van der Waals surface area contributed by atoms with Crippen LogP contribution in [0.2, 0.25) is 5.02 Å². The number of halogens is 2. The Morgan fingerprint density at radius 3 is 2.42 bits per heavy atom. The third-order valence-corrected chi connectivity index (χ3v) is 4.44. The number of hydrogen-bond acceptors (Lipinski definition) is 3. The standard InChI is InChI=1S/C20H21ClFN3O/c1-20(2,3)13-8-10-14(11-9-13)26-12-17-23-19(24-25(17)4)18-15(21)6-5-7-16(18)22/h5-11H,12H2,1-4H3. The van der Waals surface area contributed by atoms with Crippen molar-refractivity contribution < 1.29 is 9.13 Å². The van der Waals surface area contributed by atoms with E-state index in [9.17, 15) is 4.39 Å². The minimum Gasteiger partial charge on any atom is -0.486 e. The molecule has 0 spiro atoms. The van der Waals surface area contributed by atoms with E-state index in [-0.39, 0.29) is 28.4 Å². The fourth-order valence-corrected chi connectivity index (χ4v) is 2.81. The van der Waals surface area contributed by atoms with Crippen LogP contribution in [0.4, 0.5) is 4.39 Å². The highest BCUT2D eigenvalue weighted by Gasteiger charge is 2.17. The minimum absolute atomic E-state index is 0.0933. The topological polar surface area (TPSA) is 39.9 Å². The first kappa shape index (κ1) is 18.4. The van der Waals surface area contributed by atoms with E-state index in [4.69, 9.17) is 16.3 Å². The summed E-state index contributed by atoms with van der Waals surface area (Å²) in [4.78, 5) is 4.38. The smallest absolute Gasteiger partial charge is 0.185 e. The average molecular weight is 374 g/mol. The molecule has 0 saturated heterocycles. The van der Waals surface area contributed by atoms with Crippen molar-refractivity contribution in [1.82, 2.24) is 14.8 Å². The van der Waals surface area contributed by atoms with Gasteiger partial charge in [-0.1, -0.05) is 50.6 Å². The summed E-state index contributed by atoms with van der Waals surface area (Å²) in [7, 11) is 1.74. The molecule has 0 aliphatic heterocycles. The lowest BCUT2D eigenvalue weighted by atomic mass is 9.87. The van der Waals surface area contributed by atoms with Crippen LogP contribution in [-0.4, -0.2) is 14.8 Å². The second-order valence-electron chi connectivity index (χ2n) is 7.13. The predicted molar refractivity (Wildman–Crippen MR) is 101 cm³/mol. The quantitative estimate of drug-likeness (QED) is 0.634. The van der Waals surface area contributed by atoms with Crippen molar-refractivity contribution >= 4 is 11.6 Å². The lowest BCUT2D eigenvalue weighted by Crippen LogP contribution is -2.10. The van der Waals surface area contributed by atoms with Crippen LogP contribution in [0.1, 0.15) is 32.2 Å². The van der Waals surface area contributed by atoms with Gasteiger partial charge in [0, 0.05) is 7.05 Å². The van der Waals surface area contributed by atoms with Crippen molar-refractivity contribution in [2.45, 2.75) is 32.8 Å². The average Bonchev–Trinajstić information content (AvgIpc) is 2.93. The molecule has 0 aliphatic carbocycles. The molecule has 1 aromatic heterocycles. The van der Waals surface area contributed by atoms with Gasteiger partial charge in [0.25, 0.3) is 0 Å². The number of benzene rings is 2. The van der Waals surface area contributed by atoms with E-state index < -0.39 is 5.82 Å². The zero-order valence-corrected chi connectivity index (χ0v) is 16.0. The molecule has 0 atom stereocenters. The van der Waals surface area contributed by atoms with Crippen molar-refractivity contribution in [1.29, 1.82) is 0 Å². The summed E-state index contributed by atoms with van der Waals surface area (Å²) < 4.78 is 21.4. The normalized spacial score (nSPS) is 11.6. The Morgan fingerprint density at radius 2 is 1.81 bits per heavy atom. The largest absolute Gasteiger partial charge is 0.486 e. The molecule has 0 N–H and O–H groups in total. The molecule has 0 radical (unpaired) electrons. The molecule has 4 nitrogen and oxygen atoms in total. The van der Waals surface area contributed by atoms with Crippen LogP contribution < -0.4 is 4.74 Å². The van der Waals surface area contributed by atoms with Gasteiger partial charge in [0.2, 0.25) is 0 Å². The van der Waals surface area contributed by atoms with Crippen LogP contribution in [0.3, 0.4) is 0 Å². The lowest BCUT2D eigenvalue weighted by molar-refractivity contribution is 0.289. The van der Waals surface area contributed by atoms with E-state index in [0.29, 0.717) is 5.82 Å². The van der Waals surface area contributed by atoms with Crippen LogP contribution in [0.25, 0.3) is 11.4 Å². The molecular formula is C20H21ClFN3O. The van der Waals surface area contributed by atoms with E-state index in [1.54, 1.807) is 23.9 Å². The first-order valence-corrected chi connectivity index (χ1v) is 8.71. The summed E-state index contributed by atoms with van der Waals surface area (Å²) >= 11 is 6.09. The van der Waals surface area contributed by atoms with Crippen LogP contribution in [0.5, 0.6) is 5.75 Å². The zero-order chi connectivity index (χ0) is 18.9. The van der Waals surface area contributed by atoms with Crippen molar-refractivity contribution in [3.05, 3.63) is 64.7 Å². The van der Waals surface area contributed by atoms with Crippen LogP contribution in [-0.2, 0) is 19.1 Å². The van der Waals surface area contributed by atoms with Gasteiger partial charge in [0.05, 0.1) is 10.6 Å². The molecule has 6 heteroatoms. The van der Waals surface area contributed by atoms with Gasteiger partial charge < -0.3 is 4.74 Å². The summed E-state index contributed by atoms with van der Waals surface area (Å²) in [6, 6.07) is 12.5. The van der Waals surface area contributed by atoms with Gasteiger partial charge in [0.15, 0.2) is 11.6 Å². The summed E-state index contributed by atoms with van der Waals surface area (Å²) in [5.74, 6) is 1.12. The second kappa shape index (κ2) is 7.08. The van der Waals surface area contributed by atoms with Crippen LogP contribution in [0.15, 0.2) is 42.5 Å². The molecule has 0 fully saturated rings. The fourth-order valence-electron chi connectivity index (χ4n) is 2.56. The minimum atomic E-state index is -0.451. The number of rotatable bonds is 4. The van der Waals surface area contributed by atoms with Crippen molar-refractivity contribution in [3.63, 3.8) is 0 Å². The first-order valence-electron chi connectivity index (χ1n) is 8.33. The molecule has 3 rings (SSSR count). The number of ether oxygens (including phenoxy) is 1. The van der Waals surface area contributed by atoms with Gasteiger partial charge in [0.1, 0.15) is 18.2 Å². The molecule has 3 aromatic rings. The maximum absolute atomic E-state index is 14.1. The second-order valence-corrected chi connectivity index (χ2v) is 7.54. The van der Waals surface area contributed by atoms with E-state index in [0.717, 1.165) is 5.75 Å². The maximum atomic E-state index is 14.1. The summed E-state index contributed by atoms with van der Waals surface area (Å²) in [6.45, 7) is 6.72. The Hall–Kier alpha value is -2.40. The molecule has 0 bridgehead atoms. The number of hydrogen-bond donors (Lipinski definition) is 0. The first-order chi connectivity index (χ1) is 12.3. The van der Waals surface area contributed by atoms with Gasteiger partial charge in [-0.15, -0.1) is 0 Å². The fraction of sp³-hybridized carbons (Fsp3) is 0.300. The molecule has 0 amide bonds. The van der Waals surface area contributed by atoms with Gasteiger partial charge in [-0.25, -0.2) is 14.1 Å². The molecule has 2 aromatic carbocycles. The highest BCUT2D eigenvalue weighted by atomic mass is 35.5. The van der Waals surface area contributed by atoms with E-state index >= 15 is 0 Å². The molecule has 1 heterocycles. The van der Waals surface area contributed by atoms with Crippen LogP contribution >= 0.6 is 11.6 Å². The maximum Gasteiger partial charge on any atom is 0.185 e. The van der Waals surface area contributed by atoms with Crippen LogP contribution in [0, 0.1) is 5.82 Å². The molecular weight excluding hydrogens is 353 g/mol. The van der Waals surface area contributed by atoms with Gasteiger partial charge in [-0.3, -0.25) is 0 Å². The molecule has 0 unspecified atom stereocenters. The summed E-state index contributed by atoms with van der Waals surface area (Å²) in [5.41, 5.74) is 1.53. The van der Waals surface area contributed by atoms with E-state index in [1.165, 1.54) is 11.6 Å². The van der Waals surface area contributed by atoms with Gasteiger partial charge >= 0.3 is 0 Å². The highest BCUT2D eigenvalue weighted by Crippen LogP contribution is 2.28. The zero-order valence-electron chi connectivity index (χ0n) is 15.3. The number of aromatic nitrogens is 3. The van der Waals surface area contributed by atoms with Crippen molar-refractivity contribution in [2.24, 2.45) is 7.05 Å². The Kier molecular flexibility index (Phi) is 5.01. The molecule has 26 heavy (non-hydrogen) atoms. The Bertz CT molecular complexity index is 894. The highest BCUT2D eigenvalue weighted by molar-refractivity contribution is 6.33. The van der Waals surface area contributed by atoms with Gasteiger partial charge in [-0.2, -0.15) is 5.10 Å². The van der Waals surface area contributed by atoms with Gasteiger partial charge in [-0.05, 0) is 35.2 Å². The predicted octanol–water partition coefficient (Wildman–Crippen LogP) is 5.15. The van der Waals surface area contributed by atoms with Crippen molar-refractivity contribution in [3.8, 4) is 17.1 Å². The third-order valence-electron chi connectivity index (χ3n) is 4.13. The van der Waals surface area contributed by atoms with Crippen molar-refractivity contribution in [2.75, 3.05) is 0 Å². The van der Waals surface area contributed by atoms with E-state index in [2.05, 4.69) is 43.0 Å². The molecule has 136 valence electrons. The monoisotopic (exact) mass is 373 g/mol. The third kappa shape index (κ3) is 3.88. The Balaban J connectivity index is 1.76. The lowest BCUT2D eigenvalue weighted by Gasteiger charge is -2.19. The molecule has 0 aliphatic rings. The molecule has 0 saturated carbocycles. The number of nitrogens with zero attached hydrogens (tertiary/aromatic N) is 3. The summed E-state index contributed by atoms with van der Waals surface area (Å²) in [6.07, 6.45) is 0. The number of aryl methyl sites for hydroxylation is 1. The Morgan fingerprint density at radius 1 is 1.12 bits per heavy atom. The van der Waals surface area contributed by atoms with E-state index in [1.807, 2.05) is 12.1 Å². The SMILES string of the molecule is Cn1nc(-c2c(F)cccc2Cl)nc1COc1ccc(C(C)(C)C)cc1. The Labute approximate surface area is 157 Å².